The largest absolute Gasteiger partial charge is 0.375 e. The molecule has 1 aromatic carbocycles. The van der Waals surface area contributed by atoms with E-state index >= 15 is 0 Å². The number of para-hydroxylation sites is 1. The molecule has 0 saturated carbocycles. The molecule has 0 radical (unpaired) electrons. The van der Waals surface area contributed by atoms with Crippen molar-refractivity contribution in [2.24, 2.45) is 5.41 Å². The molecule has 0 unspecified atom stereocenters. The topological polar surface area (TPSA) is 27.3 Å². The van der Waals surface area contributed by atoms with Crippen LogP contribution in [0, 0.1) is 5.41 Å². The van der Waals surface area contributed by atoms with E-state index in [1.165, 1.54) is 5.69 Å². The third-order valence-electron chi connectivity index (χ3n) is 3.58. The number of hydrogen-bond acceptors (Lipinski definition) is 2. The maximum atomic E-state index is 5.43. The van der Waals surface area contributed by atoms with Gasteiger partial charge in [-0.15, -0.1) is 0 Å². The molecule has 0 bridgehead atoms. The second-order valence-electron chi connectivity index (χ2n) is 8.11. The Hall–Kier alpha value is -1.29. The molecule has 0 aliphatic heterocycles. The minimum Gasteiger partial charge on any atom is -0.375 e. The van der Waals surface area contributed by atoms with Gasteiger partial charge in [-0.2, -0.15) is 0 Å². The Kier molecular flexibility index (Phi) is 7.33. The van der Waals surface area contributed by atoms with Crippen molar-refractivity contribution < 1.29 is 0 Å². The smallest absolute Gasteiger partial charge is 0.166 e. The van der Waals surface area contributed by atoms with E-state index in [4.69, 9.17) is 12.2 Å². The molecule has 1 rings (SSSR count). The number of benzene rings is 1. The standard InChI is InChI=1S/C19H33N3S/c1-18(2,3)15-19(4,5)21-17(23)20-13-10-14-22(6)16-11-8-7-9-12-16/h7-9,11-12H,10,13-15H2,1-6H3,(H2,20,21,23). The van der Waals surface area contributed by atoms with Gasteiger partial charge in [0.2, 0.25) is 0 Å². The van der Waals surface area contributed by atoms with Crippen molar-refractivity contribution in [3.05, 3.63) is 30.3 Å². The van der Waals surface area contributed by atoms with Gasteiger partial charge in [0.15, 0.2) is 5.11 Å². The summed E-state index contributed by atoms with van der Waals surface area (Å²) in [4.78, 5) is 2.27. The summed E-state index contributed by atoms with van der Waals surface area (Å²) in [5.74, 6) is 0. The molecule has 3 nitrogen and oxygen atoms in total. The van der Waals surface area contributed by atoms with E-state index in [9.17, 15) is 0 Å². The summed E-state index contributed by atoms with van der Waals surface area (Å²) in [6.07, 6.45) is 2.12. The van der Waals surface area contributed by atoms with Gasteiger partial charge in [-0.25, -0.2) is 0 Å². The second kappa shape index (κ2) is 8.53. The van der Waals surface area contributed by atoms with Crippen molar-refractivity contribution in [3.8, 4) is 0 Å². The van der Waals surface area contributed by atoms with Crippen LogP contribution in [0.3, 0.4) is 0 Å². The molecule has 0 saturated heterocycles. The Balaban J connectivity index is 2.26. The van der Waals surface area contributed by atoms with Gasteiger partial charge >= 0.3 is 0 Å². The van der Waals surface area contributed by atoms with Gasteiger partial charge in [-0.05, 0) is 56.5 Å². The van der Waals surface area contributed by atoms with Crippen molar-refractivity contribution in [3.63, 3.8) is 0 Å². The van der Waals surface area contributed by atoms with E-state index in [0.717, 1.165) is 31.0 Å². The average Bonchev–Trinajstić information content (AvgIpc) is 2.41. The summed E-state index contributed by atoms with van der Waals surface area (Å²) in [6, 6.07) is 10.5. The van der Waals surface area contributed by atoms with Crippen molar-refractivity contribution in [1.29, 1.82) is 0 Å². The molecular weight excluding hydrogens is 302 g/mol. The van der Waals surface area contributed by atoms with E-state index < -0.39 is 0 Å². The highest BCUT2D eigenvalue weighted by atomic mass is 32.1. The molecule has 130 valence electrons. The Morgan fingerprint density at radius 3 is 2.26 bits per heavy atom. The van der Waals surface area contributed by atoms with Gasteiger partial charge in [-0.1, -0.05) is 39.0 Å². The van der Waals surface area contributed by atoms with Crippen LogP contribution in [-0.4, -0.2) is 30.8 Å². The molecule has 0 fully saturated rings. The monoisotopic (exact) mass is 335 g/mol. The predicted molar refractivity (Wildman–Crippen MR) is 106 cm³/mol. The van der Waals surface area contributed by atoms with Gasteiger partial charge in [0.1, 0.15) is 0 Å². The molecule has 4 heteroatoms. The molecular formula is C19H33N3S. The Morgan fingerprint density at radius 1 is 1.09 bits per heavy atom. The highest BCUT2D eigenvalue weighted by Crippen LogP contribution is 2.26. The van der Waals surface area contributed by atoms with E-state index in [-0.39, 0.29) is 11.0 Å². The van der Waals surface area contributed by atoms with Crippen LogP contribution in [0.4, 0.5) is 5.69 Å². The Labute approximate surface area is 147 Å². The third kappa shape index (κ3) is 8.80. The highest BCUT2D eigenvalue weighted by molar-refractivity contribution is 7.80. The molecule has 0 spiro atoms. The fourth-order valence-corrected chi connectivity index (χ4v) is 3.43. The molecule has 0 aromatic heterocycles. The van der Waals surface area contributed by atoms with Crippen LogP contribution < -0.4 is 15.5 Å². The fraction of sp³-hybridized carbons (Fsp3) is 0.632. The quantitative estimate of drug-likeness (QED) is 0.577. The second-order valence-corrected chi connectivity index (χ2v) is 8.52. The minimum atomic E-state index is 0.00314. The summed E-state index contributed by atoms with van der Waals surface area (Å²) < 4.78 is 0. The first kappa shape index (κ1) is 19.8. The van der Waals surface area contributed by atoms with Crippen molar-refractivity contribution in [2.45, 2.75) is 53.0 Å². The van der Waals surface area contributed by atoms with Crippen LogP contribution in [0.5, 0.6) is 0 Å². The molecule has 0 aliphatic rings. The van der Waals surface area contributed by atoms with Crippen LogP contribution in [0.1, 0.15) is 47.5 Å². The zero-order valence-electron chi connectivity index (χ0n) is 15.6. The lowest BCUT2D eigenvalue weighted by Gasteiger charge is -2.34. The van der Waals surface area contributed by atoms with Crippen LogP contribution >= 0.6 is 12.2 Å². The summed E-state index contributed by atoms with van der Waals surface area (Å²) >= 11 is 5.43. The lowest BCUT2D eigenvalue weighted by atomic mass is 9.82. The molecule has 0 aliphatic carbocycles. The zero-order chi connectivity index (χ0) is 17.5. The predicted octanol–water partition coefficient (Wildman–Crippen LogP) is 4.19. The average molecular weight is 336 g/mol. The Morgan fingerprint density at radius 2 is 1.70 bits per heavy atom. The van der Waals surface area contributed by atoms with Gasteiger partial charge in [0.25, 0.3) is 0 Å². The lowest BCUT2D eigenvalue weighted by Crippen LogP contribution is -2.50. The van der Waals surface area contributed by atoms with Gasteiger partial charge in [-0.3, -0.25) is 0 Å². The molecule has 0 atom stereocenters. The van der Waals surface area contributed by atoms with E-state index in [0.29, 0.717) is 0 Å². The first-order valence-corrected chi connectivity index (χ1v) is 8.82. The van der Waals surface area contributed by atoms with Crippen LogP contribution in [0.25, 0.3) is 0 Å². The van der Waals surface area contributed by atoms with Crippen molar-refractivity contribution in [2.75, 3.05) is 25.0 Å². The molecule has 0 amide bonds. The number of nitrogens with one attached hydrogen (secondary N) is 2. The minimum absolute atomic E-state index is 0.00314. The maximum absolute atomic E-state index is 5.43. The summed E-state index contributed by atoms with van der Waals surface area (Å²) in [7, 11) is 2.12. The zero-order valence-corrected chi connectivity index (χ0v) is 16.4. The normalized spacial score (nSPS) is 11.9. The SMILES string of the molecule is CN(CCCNC(=S)NC(C)(C)CC(C)(C)C)c1ccccc1. The molecule has 0 heterocycles. The van der Waals surface area contributed by atoms with E-state index in [1.807, 2.05) is 6.07 Å². The molecule has 1 aromatic rings. The van der Waals surface area contributed by atoms with Gasteiger partial charge < -0.3 is 15.5 Å². The number of hydrogen-bond donors (Lipinski definition) is 2. The molecule has 23 heavy (non-hydrogen) atoms. The first-order chi connectivity index (χ1) is 10.6. The third-order valence-corrected chi connectivity index (χ3v) is 3.82. The number of anilines is 1. The number of rotatable bonds is 7. The summed E-state index contributed by atoms with van der Waals surface area (Å²) in [6.45, 7) is 13.1. The number of nitrogens with zero attached hydrogens (tertiary/aromatic N) is 1. The van der Waals surface area contributed by atoms with Crippen molar-refractivity contribution in [1.82, 2.24) is 10.6 Å². The molecule has 2 N–H and O–H groups in total. The summed E-state index contributed by atoms with van der Waals surface area (Å²) in [5.41, 5.74) is 1.53. The fourth-order valence-electron chi connectivity index (χ4n) is 3.05. The summed E-state index contributed by atoms with van der Waals surface area (Å²) in [5, 5.41) is 7.52. The van der Waals surface area contributed by atoms with Crippen LogP contribution in [0.2, 0.25) is 0 Å². The van der Waals surface area contributed by atoms with E-state index in [1.54, 1.807) is 0 Å². The lowest BCUT2D eigenvalue weighted by molar-refractivity contribution is 0.266. The van der Waals surface area contributed by atoms with E-state index in [2.05, 4.69) is 81.5 Å². The highest BCUT2D eigenvalue weighted by Gasteiger charge is 2.25. The van der Waals surface area contributed by atoms with Crippen LogP contribution in [0.15, 0.2) is 30.3 Å². The first-order valence-electron chi connectivity index (χ1n) is 8.41. The van der Waals surface area contributed by atoms with Gasteiger partial charge in [0, 0.05) is 31.4 Å². The number of thiocarbonyl (C=S) groups is 1. The van der Waals surface area contributed by atoms with Crippen molar-refractivity contribution >= 4 is 23.0 Å². The Bertz CT molecular complexity index is 477. The maximum Gasteiger partial charge on any atom is 0.166 e. The van der Waals surface area contributed by atoms with Gasteiger partial charge in [0.05, 0.1) is 0 Å². The van der Waals surface area contributed by atoms with Crippen LogP contribution in [-0.2, 0) is 0 Å².